The molecule has 0 amide bonds. The van der Waals surface area contributed by atoms with E-state index in [2.05, 4.69) is 10.1 Å². The van der Waals surface area contributed by atoms with Crippen LogP contribution in [0.4, 0.5) is 0 Å². The van der Waals surface area contributed by atoms with E-state index >= 15 is 0 Å². The van der Waals surface area contributed by atoms with E-state index in [1.165, 1.54) is 0 Å². The Morgan fingerprint density at radius 1 is 1.04 bits per heavy atom. The number of ether oxygens (including phenoxy) is 1. The fourth-order valence-corrected chi connectivity index (χ4v) is 3.29. The molecule has 0 aliphatic carbocycles. The van der Waals surface area contributed by atoms with E-state index in [0.29, 0.717) is 22.4 Å². The predicted molar refractivity (Wildman–Crippen MR) is 97.2 cm³/mol. The lowest BCUT2D eigenvalue weighted by Gasteiger charge is -2.05. The number of fused-ring (bicyclic) bond motifs is 3. The van der Waals surface area contributed by atoms with Crippen LogP contribution in [0.2, 0.25) is 10.3 Å². The third-order valence-electron chi connectivity index (χ3n) is 3.97. The van der Waals surface area contributed by atoms with Crippen LogP contribution in [0.25, 0.3) is 21.8 Å². The first-order valence-corrected chi connectivity index (χ1v) is 8.16. The Labute approximate surface area is 148 Å². The Bertz CT molecular complexity index is 1040. The molecule has 0 fully saturated rings. The van der Waals surface area contributed by atoms with Crippen LogP contribution < -0.4 is 4.74 Å². The van der Waals surface area contributed by atoms with Gasteiger partial charge in [-0.3, -0.25) is 0 Å². The van der Waals surface area contributed by atoms with Crippen LogP contribution in [-0.4, -0.2) is 21.9 Å². The molecule has 0 saturated carbocycles. The van der Waals surface area contributed by atoms with Crippen LogP contribution >= 0.6 is 23.2 Å². The van der Waals surface area contributed by atoms with Crippen molar-refractivity contribution in [2.75, 3.05) is 7.11 Å². The van der Waals surface area contributed by atoms with Gasteiger partial charge in [0.05, 0.1) is 24.6 Å². The molecule has 6 heteroatoms. The molecule has 2 aromatic carbocycles. The minimum Gasteiger partial charge on any atom is -0.497 e. The Hall–Kier alpha value is -2.30. The third-order valence-corrected chi connectivity index (χ3v) is 4.62. The minimum atomic E-state index is 0.360. The molecule has 0 atom stereocenters. The van der Waals surface area contributed by atoms with Gasteiger partial charge in [-0.1, -0.05) is 53.5 Å². The molecule has 0 N–H and O–H groups in total. The quantitative estimate of drug-likeness (QED) is 0.487. The Kier molecular flexibility index (Phi) is 3.79. The molecule has 2 heterocycles. The number of pyridine rings is 1. The van der Waals surface area contributed by atoms with E-state index in [1.807, 2.05) is 48.5 Å². The van der Waals surface area contributed by atoms with Gasteiger partial charge in [0, 0.05) is 5.39 Å². The number of halogens is 2. The van der Waals surface area contributed by atoms with Gasteiger partial charge in [-0.15, -0.1) is 0 Å². The lowest BCUT2D eigenvalue weighted by molar-refractivity contribution is 0.414. The summed E-state index contributed by atoms with van der Waals surface area (Å²) in [5, 5.41) is 7.26. The smallest absolute Gasteiger partial charge is 0.157 e. The zero-order chi connectivity index (χ0) is 16.7. The minimum absolute atomic E-state index is 0.360. The van der Waals surface area contributed by atoms with Crippen molar-refractivity contribution >= 4 is 45.0 Å². The molecule has 0 aliphatic rings. The highest BCUT2D eigenvalue weighted by atomic mass is 35.5. The second kappa shape index (κ2) is 5.96. The zero-order valence-electron chi connectivity index (χ0n) is 12.8. The average molecular weight is 358 g/mol. The first-order valence-electron chi connectivity index (χ1n) is 7.40. The van der Waals surface area contributed by atoms with Gasteiger partial charge < -0.3 is 4.74 Å². The summed E-state index contributed by atoms with van der Waals surface area (Å²) in [5.74, 6) is 0.814. The molecule has 0 saturated heterocycles. The van der Waals surface area contributed by atoms with Crippen LogP contribution in [0.1, 0.15) is 5.56 Å². The molecule has 0 bridgehead atoms. The summed E-state index contributed by atoms with van der Waals surface area (Å²) < 4.78 is 6.92. The third kappa shape index (κ3) is 2.48. The van der Waals surface area contributed by atoms with Crippen LogP contribution in [0.5, 0.6) is 5.75 Å². The summed E-state index contributed by atoms with van der Waals surface area (Å²) in [5.41, 5.74) is 2.49. The molecule has 24 heavy (non-hydrogen) atoms. The first-order chi connectivity index (χ1) is 11.7. The van der Waals surface area contributed by atoms with E-state index in [-0.39, 0.29) is 0 Å². The molecule has 4 nitrogen and oxygen atoms in total. The van der Waals surface area contributed by atoms with Crippen LogP contribution in [0, 0.1) is 0 Å². The highest BCUT2D eigenvalue weighted by Gasteiger charge is 2.16. The van der Waals surface area contributed by atoms with Crippen LogP contribution in [-0.2, 0) is 6.54 Å². The van der Waals surface area contributed by atoms with Gasteiger partial charge in [-0.25, -0.2) is 9.67 Å². The van der Waals surface area contributed by atoms with Gasteiger partial charge in [-0.2, -0.15) is 5.10 Å². The number of aromatic nitrogens is 3. The molecule has 2 aromatic heterocycles. The monoisotopic (exact) mass is 357 g/mol. The van der Waals surface area contributed by atoms with Gasteiger partial charge in [-0.05, 0) is 23.8 Å². The molecule has 4 aromatic rings. The van der Waals surface area contributed by atoms with Crippen molar-refractivity contribution in [3.05, 3.63) is 64.4 Å². The maximum atomic E-state index is 6.61. The van der Waals surface area contributed by atoms with Gasteiger partial charge in [0.25, 0.3) is 0 Å². The van der Waals surface area contributed by atoms with Crippen molar-refractivity contribution in [1.29, 1.82) is 0 Å². The first kappa shape index (κ1) is 15.2. The largest absolute Gasteiger partial charge is 0.497 e. The molecule has 0 spiro atoms. The number of nitrogens with zero attached hydrogens (tertiary/aromatic N) is 3. The Morgan fingerprint density at radius 3 is 2.54 bits per heavy atom. The van der Waals surface area contributed by atoms with Crippen molar-refractivity contribution in [2.24, 2.45) is 0 Å². The second-order valence-electron chi connectivity index (χ2n) is 5.44. The van der Waals surface area contributed by atoms with E-state index in [0.717, 1.165) is 27.6 Å². The summed E-state index contributed by atoms with van der Waals surface area (Å²) in [6.45, 7) is 0.544. The molecule has 0 unspecified atom stereocenters. The van der Waals surface area contributed by atoms with Gasteiger partial charge in [0.2, 0.25) is 0 Å². The lowest BCUT2D eigenvalue weighted by Crippen LogP contribution is -2.01. The number of para-hydroxylation sites is 1. The van der Waals surface area contributed by atoms with Gasteiger partial charge in [0.15, 0.2) is 5.15 Å². The van der Waals surface area contributed by atoms with E-state index in [4.69, 9.17) is 27.9 Å². The normalized spacial score (nSPS) is 11.3. The molecule has 4 rings (SSSR count). The summed E-state index contributed by atoms with van der Waals surface area (Å²) >= 11 is 12.9. The van der Waals surface area contributed by atoms with E-state index < -0.39 is 0 Å². The summed E-state index contributed by atoms with van der Waals surface area (Å²) in [6, 6.07) is 15.6. The SMILES string of the molecule is COc1ccc(Cn2nc3c(Cl)nc4ccccc4c3c2Cl)cc1. The summed E-state index contributed by atoms with van der Waals surface area (Å²) in [6.07, 6.45) is 0. The summed E-state index contributed by atoms with van der Waals surface area (Å²) in [4.78, 5) is 4.40. The van der Waals surface area contributed by atoms with Crippen LogP contribution in [0.3, 0.4) is 0 Å². The van der Waals surface area contributed by atoms with Crippen molar-refractivity contribution in [1.82, 2.24) is 14.8 Å². The number of methoxy groups -OCH3 is 1. The maximum Gasteiger partial charge on any atom is 0.157 e. The van der Waals surface area contributed by atoms with E-state index in [9.17, 15) is 0 Å². The number of benzene rings is 2. The predicted octanol–water partition coefficient (Wildman–Crippen LogP) is 4.95. The molecule has 0 aliphatic heterocycles. The van der Waals surface area contributed by atoms with Crippen molar-refractivity contribution in [2.45, 2.75) is 6.54 Å². The Balaban J connectivity index is 1.85. The topological polar surface area (TPSA) is 39.9 Å². The van der Waals surface area contributed by atoms with E-state index in [1.54, 1.807) is 11.8 Å². The average Bonchev–Trinajstić information content (AvgIpc) is 2.93. The fourth-order valence-electron chi connectivity index (χ4n) is 2.77. The van der Waals surface area contributed by atoms with Crippen molar-refractivity contribution < 1.29 is 4.74 Å². The molecular weight excluding hydrogens is 345 g/mol. The number of hydrogen-bond donors (Lipinski definition) is 0. The second-order valence-corrected chi connectivity index (χ2v) is 6.16. The number of hydrogen-bond acceptors (Lipinski definition) is 3. The molecule has 120 valence electrons. The molecule has 0 radical (unpaired) electrons. The van der Waals surface area contributed by atoms with Crippen LogP contribution in [0.15, 0.2) is 48.5 Å². The number of rotatable bonds is 3. The van der Waals surface area contributed by atoms with Gasteiger partial charge >= 0.3 is 0 Å². The zero-order valence-corrected chi connectivity index (χ0v) is 14.3. The fraction of sp³-hybridized carbons (Fsp3) is 0.111. The van der Waals surface area contributed by atoms with Crippen molar-refractivity contribution in [3.63, 3.8) is 0 Å². The molecular formula is C18H13Cl2N3O. The van der Waals surface area contributed by atoms with Gasteiger partial charge in [0.1, 0.15) is 16.4 Å². The lowest BCUT2D eigenvalue weighted by atomic mass is 10.1. The Morgan fingerprint density at radius 2 is 1.79 bits per heavy atom. The standard InChI is InChI=1S/C18H13Cl2N3O/c1-24-12-8-6-11(7-9-12)10-23-18(20)15-13-4-2-3-5-14(13)21-17(19)16(15)22-23/h2-9H,10H2,1H3. The highest BCUT2D eigenvalue weighted by molar-refractivity contribution is 6.40. The van der Waals surface area contributed by atoms with Crippen molar-refractivity contribution in [3.8, 4) is 5.75 Å². The maximum absolute atomic E-state index is 6.61. The highest BCUT2D eigenvalue weighted by Crippen LogP contribution is 2.34. The summed E-state index contributed by atoms with van der Waals surface area (Å²) in [7, 11) is 1.65.